The molecule has 0 aliphatic rings. The number of rotatable bonds is 3. The van der Waals surface area contributed by atoms with Crippen LogP contribution in [0.15, 0.2) is 30.6 Å². The van der Waals surface area contributed by atoms with Gasteiger partial charge in [-0.05, 0) is 28.6 Å². The van der Waals surface area contributed by atoms with Gasteiger partial charge in [0.15, 0.2) is 0 Å². The lowest BCUT2D eigenvalue weighted by Gasteiger charge is -2.04. The summed E-state index contributed by atoms with van der Waals surface area (Å²) >= 11 is 0. The SMILES string of the molecule is Nc1cccc(NC(=O)Cn2cnnn2)c1. The van der Waals surface area contributed by atoms with E-state index >= 15 is 0 Å². The maximum Gasteiger partial charge on any atom is 0.246 e. The highest BCUT2D eigenvalue weighted by atomic mass is 16.2. The third-order valence-electron chi connectivity index (χ3n) is 1.87. The molecule has 7 heteroatoms. The number of hydrogen-bond acceptors (Lipinski definition) is 5. The summed E-state index contributed by atoms with van der Waals surface area (Å²) in [4.78, 5) is 11.5. The van der Waals surface area contributed by atoms with Crippen molar-refractivity contribution in [2.45, 2.75) is 6.54 Å². The van der Waals surface area contributed by atoms with Crippen molar-refractivity contribution >= 4 is 17.3 Å². The molecular formula is C9H10N6O. The van der Waals surface area contributed by atoms with Crippen LogP contribution in [0.25, 0.3) is 0 Å². The molecule has 3 N–H and O–H groups in total. The van der Waals surface area contributed by atoms with Crippen LogP contribution in [-0.4, -0.2) is 26.1 Å². The quantitative estimate of drug-likeness (QED) is 0.700. The molecule has 0 fully saturated rings. The molecule has 0 aliphatic carbocycles. The number of nitrogen functional groups attached to an aromatic ring is 1. The number of amides is 1. The van der Waals surface area contributed by atoms with Gasteiger partial charge < -0.3 is 11.1 Å². The van der Waals surface area contributed by atoms with E-state index in [4.69, 9.17) is 5.73 Å². The molecule has 0 aliphatic heterocycles. The molecule has 0 unspecified atom stereocenters. The Kier molecular flexibility index (Phi) is 2.77. The Balaban J connectivity index is 1.97. The van der Waals surface area contributed by atoms with Crippen molar-refractivity contribution in [2.24, 2.45) is 0 Å². The van der Waals surface area contributed by atoms with Crippen LogP contribution < -0.4 is 11.1 Å². The number of nitrogens with zero attached hydrogens (tertiary/aromatic N) is 4. The largest absolute Gasteiger partial charge is 0.399 e. The molecule has 0 bridgehead atoms. The molecule has 2 aromatic rings. The standard InChI is InChI=1S/C9H10N6O/c10-7-2-1-3-8(4-7)12-9(16)5-15-6-11-13-14-15/h1-4,6H,5,10H2,(H,12,16). The fraction of sp³-hybridized carbons (Fsp3) is 0.111. The molecule has 1 amide bonds. The predicted octanol–water partition coefficient (Wildman–Crippen LogP) is -0.106. The van der Waals surface area contributed by atoms with E-state index in [-0.39, 0.29) is 12.5 Å². The Morgan fingerprint density at radius 1 is 1.50 bits per heavy atom. The third-order valence-corrected chi connectivity index (χ3v) is 1.87. The zero-order chi connectivity index (χ0) is 11.4. The molecule has 0 radical (unpaired) electrons. The third kappa shape index (κ3) is 2.53. The van der Waals surface area contributed by atoms with Gasteiger partial charge in [0.2, 0.25) is 5.91 Å². The zero-order valence-electron chi connectivity index (χ0n) is 8.37. The van der Waals surface area contributed by atoms with Crippen molar-refractivity contribution in [3.63, 3.8) is 0 Å². The normalized spacial score (nSPS) is 10.0. The Bertz CT molecular complexity index is 481. The summed E-state index contributed by atoms with van der Waals surface area (Å²) in [6.07, 6.45) is 1.37. The van der Waals surface area contributed by atoms with Gasteiger partial charge in [0, 0.05) is 11.4 Å². The number of benzene rings is 1. The maximum atomic E-state index is 11.5. The van der Waals surface area contributed by atoms with Crippen molar-refractivity contribution in [2.75, 3.05) is 11.1 Å². The molecule has 1 aromatic heterocycles. The van der Waals surface area contributed by atoms with E-state index in [1.54, 1.807) is 24.3 Å². The van der Waals surface area contributed by atoms with E-state index in [1.165, 1.54) is 11.0 Å². The Labute approximate surface area is 91.3 Å². The minimum absolute atomic E-state index is 0.0712. The van der Waals surface area contributed by atoms with E-state index in [0.29, 0.717) is 11.4 Å². The van der Waals surface area contributed by atoms with Crippen molar-refractivity contribution < 1.29 is 4.79 Å². The van der Waals surface area contributed by atoms with Crippen LogP contribution >= 0.6 is 0 Å². The van der Waals surface area contributed by atoms with Gasteiger partial charge in [-0.1, -0.05) is 6.07 Å². The highest BCUT2D eigenvalue weighted by Crippen LogP contribution is 2.11. The molecule has 1 heterocycles. The first kappa shape index (κ1) is 10.1. The summed E-state index contributed by atoms with van der Waals surface area (Å²) in [5, 5.41) is 13.1. The van der Waals surface area contributed by atoms with E-state index in [0.717, 1.165) is 0 Å². The molecule has 0 saturated carbocycles. The van der Waals surface area contributed by atoms with Crippen molar-refractivity contribution in [3.05, 3.63) is 30.6 Å². The van der Waals surface area contributed by atoms with Gasteiger partial charge in [-0.15, -0.1) is 5.10 Å². The van der Waals surface area contributed by atoms with Gasteiger partial charge >= 0.3 is 0 Å². The summed E-state index contributed by atoms with van der Waals surface area (Å²) in [6, 6.07) is 6.95. The summed E-state index contributed by atoms with van der Waals surface area (Å²) in [5.74, 6) is -0.210. The fourth-order valence-electron chi connectivity index (χ4n) is 1.22. The second-order valence-corrected chi connectivity index (χ2v) is 3.18. The first-order valence-electron chi connectivity index (χ1n) is 4.60. The van der Waals surface area contributed by atoms with Gasteiger partial charge in [-0.3, -0.25) is 4.79 Å². The molecule has 7 nitrogen and oxygen atoms in total. The average molecular weight is 218 g/mol. The molecule has 0 atom stereocenters. The number of nitrogens with two attached hydrogens (primary N) is 1. The number of tetrazole rings is 1. The first-order chi connectivity index (χ1) is 7.74. The second kappa shape index (κ2) is 4.39. The highest BCUT2D eigenvalue weighted by Gasteiger charge is 2.04. The van der Waals surface area contributed by atoms with Crippen LogP contribution in [-0.2, 0) is 11.3 Å². The summed E-state index contributed by atoms with van der Waals surface area (Å²) in [6.45, 7) is 0.0712. The van der Waals surface area contributed by atoms with E-state index in [2.05, 4.69) is 20.8 Å². The smallest absolute Gasteiger partial charge is 0.246 e. The van der Waals surface area contributed by atoms with Crippen LogP contribution in [0, 0.1) is 0 Å². The van der Waals surface area contributed by atoms with Crippen LogP contribution in [0.5, 0.6) is 0 Å². The van der Waals surface area contributed by atoms with E-state index in [9.17, 15) is 4.79 Å². The van der Waals surface area contributed by atoms with Crippen LogP contribution in [0.2, 0.25) is 0 Å². The summed E-state index contributed by atoms with van der Waals surface area (Å²) in [5.41, 5.74) is 6.83. The lowest BCUT2D eigenvalue weighted by molar-refractivity contribution is -0.116. The summed E-state index contributed by atoms with van der Waals surface area (Å²) < 4.78 is 1.33. The monoisotopic (exact) mass is 218 g/mol. The van der Waals surface area contributed by atoms with Crippen molar-refractivity contribution in [1.29, 1.82) is 0 Å². The molecule has 0 spiro atoms. The number of carbonyl (C=O) groups is 1. The minimum atomic E-state index is -0.210. The lowest BCUT2D eigenvalue weighted by Crippen LogP contribution is -2.19. The van der Waals surface area contributed by atoms with E-state index < -0.39 is 0 Å². The predicted molar refractivity (Wildman–Crippen MR) is 57.3 cm³/mol. The molecule has 2 rings (SSSR count). The minimum Gasteiger partial charge on any atom is -0.399 e. The molecular weight excluding hydrogens is 208 g/mol. The number of hydrogen-bond donors (Lipinski definition) is 2. The highest BCUT2D eigenvalue weighted by molar-refractivity contribution is 5.90. The topological polar surface area (TPSA) is 98.7 Å². The average Bonchev–Trinajstić information content (AvgIpc) is 2.70. The molecule has 1 aromatic carbocycles. The Morgan fingerprint density at radius 3 is 3.06 bits per heavy atom. The van der Waals surface area contributed by atoms with E-state index in [1.807, 2.05) is 0 Å². The molecule has 16 heavy (non-hydrogen) atoms. The Morgan fingerprint density at radius 2 is 2.38 bits per heavy atom. The number of anilines is 2. The second-order valence-electron chi connectivity index (χ2n) is 3.18. The summed E-state index contributed by atoms with van der Waals surface area (Å²) in [7, 11) is 0. The Hall–Kier alpha value is -2.44. The number of nitrogens with one attached hydrogen (secondary N) is 1. The van der Waals surface area contributed by atoms with Crippen molar-refractivity contribution in [3.8, 4) is 0 Å². The van der Waals surface area contributed by atoms with Crippen LogP contribution in [0.4, 0.5) is 11.4 Å². The number of carbonyl (C=O) groups excluding carboxylic acids is 1. The van der Waals surface area contributed by atoms with Gasteiger partial charge in [0.05, 0.1) is 0 Å². The molecule has 82 valence electrons. The molecule has 0 saturated heterocycles. The number of aromatic nitrogens is 4. The van der Waals surface area contributed by atoms with Gasteiger partial charge in [-0.25, -0.2) is 4.68 Å². The maximum absolute atomic E-state index is 11.5. The lowest BCUT2D eigenvalue weighted by atomic mass is 10.3. The van der Waals surface area contributed by atoms with Crippen LogP contribution in [0.3, 0.4) is 0 Å². The first-order valence-corrected chi connectivity index (χ1v) is 4.60. The van der Waals surface area contributed by atoms with Crippen LogP contribution in [0.1, 0.15) is 0 Å². The van der Waals surface area contributed by atoms with Gasteiger partial charge in [0.25, 0.3) is 0 Å². The fourth-order valence-corrected chi connectivity index (χ4v) is 1.22. The van der Waals surface area contributed by atoms with Crippen molar-refractivity contribution in [1.82, 2.24) is 20.2 Å². The zero-order valence-corrected chi connectivity index (χ0v) is 8.37. The van der Waals surface area contributed by atoms with Gasteiger partial charge in [-0.2, -0.15) is 0 Å². The van der Waals surface area contributed by atoms with Gasteiger partial charge in [0.1, 0.15) is 12.9 Å².